The molecule has 0 unspecified atom stereocenters. The number of Topliss-reactive ketones (excluding diaryl/α,β-unsaturated/α-hetero) is 1. The molecule has 29 heavy (non-hydrogen) atoms. The molecule has 0 amide bonds. The Hall–Kier alpha value is -1.96. The number of carbonyl (C=O) groups is 1. The van der Waals surface area contributed by atoms with Crippen LogP contribution < -0.4 is 5.56 Å². The number of fused-ring (bicyclic) bond motifs is 3. The molecule has 7 heteroatoms. The summed E-state index contributed by atoms with van der Waals surface area (Å²) in [6.07, 6.45) is 2.24. The van der Waals surface area contributed by atoms with Crippen molar-refractivity contribution in [1.82, 2.24) is 14.5 Å². The Kier molecular flexibility index (Phi) is 5.90. The highest BCUT2D eigenvalue weighted by Crippen LogP contribution is 2.34. The summed E-state index contributed by atoms with van der Waals surface area (Å²) in [6, 6.07) is 8.01. The molecule has 5 nitrogen and oxygen atoms in total. The number of likely N-dealkylation sites (N-methyl/N-ethyl adjacent to an activating group) is 1. The standard InChI is InChI=1S/C22H25N3O2S2/c1-14-6-8-16(9-7-14)25-21(27)19-17-10-11-24(3)13-18(17)29-20(19)23-22(25)28-12-4-5-15(2)26/h6-9H,4-5,10-13H2,1-3H3. The minimum absolute atomic E-state index is 0.0231. The smallest absolute Gasteiger partial charge is 0.267 e. The molecule has 0 fully saturated rings. The number of thioether (sulfide) groups is 1. The van der Waals surface area contributed by atoms with E-state index in [1.807, 2.05) is 31.2 Å². The van der Waals surface area contributed by atoms with E-state index in [2.05, 4.69) is 11.9 Å². The summed E-state index contributed by atoms with van der Waals surface area (Å²) in [5.74, 6) is 0.956. The highest BCUT2D eigenvalue weighted by Gasteiger charge is 2.24. The molecule has 1 aromatic carbocycles. The van der Waals surface area contributed by atoms with Gasteiger partial charge in [0.05, 0.1) is 11.1 Å². The lowest BCUT2D eigenvalue weighted by Crippen LogP contribution is -2.27. The Labute approximate surface area is 178 Å². The maximum Gasteiger partial charge on any atom is 0.267 e. The first kappa shape index (κ1) is 20.3. The van der Waals surface area contributed by atoms with E-state index in [0.717, 1.165) is 53.2 Å². The van der Waals surface area contributed by atoms with Gasteiger partial charge in [-0.05, 0) is 51.4 Å². The third-order valence-electron chi connectivity index (χ3n) is 5.23. The van der Waals surface area contributed by atoms with Crippen molar-refractivity contribution >= 4 is 39.1 Å². The SMILES string of the molecule is CC(=O)CCCSc1nc2sc3c(c2c(=O)n1-c1ccc(C)cc1)CCN(C)C3. The van der Waals surface area contributed by atoms with E-state index in [9.17, 15) is 9.59 Å². The number of hydrogen-bond acceptors (Lipinski definition) is 6. The van der Waals surface area contributed by atoms with Crippen molar-refractivity contribution < 1.29 is 4.79 Å². The van der Waals surface area contributed by atoms with E-state index >= 15 is 0 Å². The maximum atomic E-state index is 13.6. The summed E-state index contributed by atoms with van der Waals surface area (Å²) < 4.78 is 1.76. The third-order valence-corrected chi connectivity index (χ3v) is 7.37. The Balaban J connectivity index is 1.83. The van der Waals surface area contributed by atoms with E-state index < -0.39 is 0 Å². The normalized spacial score (nSPS) is 14.3. The Morgan fingerprint density at radius 2 is 2.03 bits per heavy atom. The minimum atomic E-state index is 0.0231. The Bertz CT molecular complexity index is 1120. The molecule has 1 aliphatic heterocycles. The number of hydrogen-bond donors (Lipinski definition) is 0. The van der Waals surface area contributed by atoms with Crippen molar-refractivity contribution in [2.75, 3.05) is 19.3 Å². The highest BCUT2D eigenvalue weighted by molar-refractivity contribution is 7.99. The summed E-state index contributed by atoms with van der Waals surface area (Å²) in [5.41, 5.74) is 3.20. The average molecular weight is 428 g/mol. The van der Waals surface area contributed by atoms with Crippen LogP contribution in [0.3, 0.4) is 0 Å². The lowest BCUT2D eigenvalue weighted by molar-refractivity contribution is -0.117. The van der Waals surface area contributed by atoms with Gasteiger partial charge in [-0.15, -0.1) is 11.3 Å². The summed E-state index contributed by atoms with van der Waals surface area (Å²) in [5, 5.41) is 1.49. The van der Waals surface area contributed by atoms with Crippen molar-refractivity contribution in [3.63, 3.8) is 0 Å². The van der Waals surface area contributed by atoms with Gasteiger partial charge in [0.25, 0.3) is 5.56 Å². The van der Waals surface area contributed by atoms with Gasteiger partial charge in [0.15, 0.2) is 5.16 Å². The van der Waals surface area contributed by atoms with Crippen LogP contribution in [0, 0.1) is 6.92 Å². The Morgan fingerprint density at radius 3 is 2.76 bits per heavy atom. The van der Waals surface area contributed by atoms with Crippen LogP contribution in [0.5, 0.6) is 0 Å². The second-order valence-electron chi connectivity index (χ2n) is 7.70. The van der Waals surface area contributed by atoms with Crippen LogP contribution in [-0.2, 0) is 17.8 Å². The van der Waals surface area contributed by atoms with Crippen LogP contribution in [0.2, 0.25) is 0 Å². The second kappa shape index (κ2) is 8.42. The average Bonchev–Trinajstić information content (AvgIpc) is 3.03. The molecule has 1 aliphatic rings. The van der Waals surface area contributed by atoms with Crippen LogP contribution in [-0.4, -0.2) is 39.6 Å². The number of rotatable bonds is 6. The van der Waals surface area contributed by atoms with Crippen LogP contribution >= 0.6 is 23.1 Å². The van der Waals surface area contributed by atoms with E-state index in [1.54, 1.807) is 34.6 Å². The molecule has 0 spiro atoms. The molecule has 0 atom stereocenters. The monoisotopic (exact) mass is 427 g/mol. The first-order valence-electron chi connectivity index (χ1n) is 9.89. The first-order valence-corrected chi connectivity index (χ1v) is 11.7. The zero-order valence-electron chi connectivity index (χ0n) is 17.0. The summed E-state index contributed by atoms with van der Waals surface area (Å²) in [4.78, 5) is 34.2. The second-order valence-corrected chi connectivity index (χ2v) is 9.84. The predicted molar refractivity (Wildman–Crippen MR) is 121 cm³/mol. The van der Waals surface area contributed by atoms with E-state index in [0.29, 0.717) is 11.6 Å². The molecule has 0 saturated carbocycles. The van der Waals surface area contributed by atoms with E-state index in [1.165, 1.54) is 10.4 Å². The van der Waals surface area contributed by atoms with E-state index in [4.69, 9.17) is 4.98 Å². The summed E-state index contributed by atoms with van der Waals surface area (Å²) >= 11 is 3.21. The van der Waals surface area contributed by atoms with Crippen LogP contribution in [0.4, 0.5) is 0 Å². The van der Waals surface area contributed by atoms with Gasteiger partial charge in [-0.25, -0.2) is 4.98 Å². The first-order chi connectivity index (χ1) is 13.9. The number of carbonyl (C=O) groups excluding carboxylic acids is 1. The van der Waals surface area contributed by atoms with Gasteiger partial charge in [-0.3, -0.25) is 9.36 Å². The highest BCUT2D eigenvalue weighted by atomic mass is 32.2. The largest absolute Gasteiger partial charge is 0.301 e. The molecule has 0 N–H and O–H groups in total. The van der Waals surface area contributed by atoms with Crippen molar-refractivity contribution in [3.05, 3.63) is 50.6 Å². The fourth-order valence-electron chi connectivity index (χ4n) is 3.65. The number of aryl methyl sites for hydroxylation is 1. The molecule has 4 rings (SSSR count). The van der Waals surface area contributed by atoms with Gasteiger partial charge < -0.3 is 9.69 Å². The van der Waals surface area contributed by atoms with Gasteiger partial charge in [0.2, 0.25) is 0 Å². The number of nitrogens with zero attached hydrogens (tertiary/aromatic N) is 3. The molecule has 0 aliphatic carbocycles. The van der Waals surface area contributed by atoms with Gasteiger partial charge in [0.1, 0.15) is 10.6 Å². The fourth-order valence-corrected chi connectivity index (χ4v) is 5.95. The molecule has 2 aromatic heterocycles. The number of ketones is 1. The molecular weight excluding hydrogens is 402 g/mol. The van der Waals surface area contributed by atoms with Crippen molar-refractivity contribution in [2.45, 2.75) is 44.8 Å². The molecule has 0 saturated heterocycles. The predicted octanol–water partition coefficient (Wildman–Crippen LogP) is 4.20. The number of aromatic nitrogens is 2. The zero-order chi connectivity index (χ0) is 20.5. The molecule has 0 radical (unpaired) electrons. The van der Waals surface area contributed by atoms with Crippen LogP contribution in [0.15, 0.2) is 34.2 Å². The molecule has 0 bridgehead atoms. The van der Waals surface area contributed by atoms with Gasteiger partial charge in [-0.1, -0.05) is 29.5 Å². The molecular formula is C22H25N3O2S2. The lowest BCUT2D eigenvalue weighted by Gasteiger charge is -2.21. The van der Waals surface area contributed by atoms with Crippen molar-refractivity contribution in [1.29, 1.82) is 0 Å². The number of benzene rings is 1. The summed E-state index contributed by atoms with van der Waals surface area (Å²) in [7, 11) is 2.11. The minimum Gasteiger partial charge on any atom is -0.301 e. The quantitative estimate of drug-likeness (QED) is 0.335. The van der Waals surface area contributed by atoms with Crippen molar-refractivity contribution in [2.24, 2.45) is 0 Å². The molecule has 152 valence electrons. The third kappa shape index (κ3) is 4.17. The van der Waals surface area contributed by atoms with Crippen LogP contribution in [0.25, 0.3) is 15.9 Å². The topological polar surface area (TPSA) is 55.2 Å². The molecule has 3 aromatic rings. The van der Waals surface area contributed by atoms with Gasteiger partial charge in [0, 0.05) is 30.1 Å². The number of thiophene rings is 1. The van der Waals surface area contributed by atoms with Crippen LogP contribution in [0.1, 0.15) is 35.8 Å². The zero-order valence-corrected chi connectivity index (χ0v) is 18.7. The molecule has 3 heterocycles. The van der Waals surface area contributed by atoms with Gasteiger partial charge >= 0.3 is 0 Å². The van der Waals surface area contributed by atoms with Crippen molar-refractivity contribution in [3.8, 4) is 5.69 Å². The van der Waals surface area contributed by atoms with Gasteiger partial charge in [-0.2, -0.15) is 0 Å². The fraction of sp³-hybridized carbons (Fsp3) is 0.409. The lowest BCUT2D eigenvalue weighted by atomic mass is 10.1. The summed E-state index contributed by atoms with van der Waals surface area (Å²) in [6.45, 7) is 5.49. The van der Waals surface area contributed by atoms with E-state index in [-0.39, 0.29) is 11.3 Å². The maximum absolute atomic E-state index is 13.6. The Morgan fingerprint density at radius 1 is 1.28 bits per heavy atom.